The van der Waals surface area contributed by atoms with E-state index in [-0.39, 0.29) is 0 Å². The number of aryl methyl sites for hydroxylation is 1. The van der Waals surface area contributed by atoms with E-state index in [1.807, 2.05) is 6.92 Å². The molecule has 1 aromatic rings. The van der Waals surface area contributed by atoms with Crippen molar-refractivity contribution in [2.45, 2.75) is 40.2 Å². The van der Waals surface area contributed by atoms with Crippen LogP contribution in [-0.2, 0) is 0 Å². The van der Waals surface area contributed by atoms with Crippen LogP contribution in [0.15, 0.2) is 6.20 Å². The number of imidazole rings is 1. The number of aromatic nitrogens is 2. The van der Waals surface area contributed by atoms with Gasteiger partial charge >= 0.3 is 0 Å². The smallest absolute Gasteiger partial charge is 0.203 e. The van der Waals surface area contributed by atoms with Gasteiger partial charge in [0.15, 0.2) is 0 Å². The number of anilines is 1. The summed E-state index contributed by atoms with van der Waals surface area (Å²) in [6.07, 6.45) is 3.48. The summed E-state index contributed by atoms with van der Waals surface area (Å²) in [6, 6.07) is 0.477. The molecule has 3 heteroatoms. The summed E-state index contributed by atoms with van der Waals surface area (Å²) in [5.41, 5.74) is 1.09. The number of nitrogens with zero attached hydrogens (tertiary/aromatic N) is 2. The standard InChI is InChI=1S/C12H21N3/c1-8(2)15-7-10(4)14-12(15)13-6-11-5-9(11)3/h7-9,11H,5-6H2,1-4H3,(H,13,14). The second-order valence-corrected chi connectivity index (χ2v) is 5.06. The van der Waals surface area contributed by atoms with Crippen LogP contribution in [0.25, 0.3) is 0 Å². The van der Waals surface area contributed by atoms with Crippen LogP contribution in [0.1, 0.15) is 38.9 Å². The maximum atomic E-state index is 4.51. The first-order valence-corrected chi connectivity index (χ1v) is 5.87. The molecule has 0 aromatic carbocycles. The number of hydrogen-bond donors (Lipinski definition) is 1. The Morgan fingerprint density at radius 3 is 2.80 bits per heavy atom. The summed E-state index contributed by atoms with van der Waals surface area (Å²) in [4.78, 5) is 4.51. The highest BCUT2D eigenvalue weighted by atomic mass is 15.2. The Kier molecular flexibility index (Phi) is 2.72. The van der Waals surface area contributed by atoms with E-state index >= 15 is 0 Å². The zero-order valence-corrected chi connectivity index (χ0v) is 10.1. The highest BCUT2D eigenvalue weighted by Gasteiger charge is 2.32. The second kappa shape index (κ2) is 3.87. The van der Waals surface area contributed by atoms with Crippen molar-refractivity contribution in [2.75, 3.05) is 11.9 Å². The lowest BCUT2D eigenvalue weighted by Gasteiger charge is -2.12. The molecule has 0 saturated heterocycles. The van der Waals surface area contributed by atoms with Gasteiger partial charge in [-0.15, -0.1) is 0 Å². The Labute approximate surface area is 91.9 Å². The van der Waals surface area contributed by atoms with Gasteiger partial charge in [-0.2, -0.15) is 0 Å². The van der Waals surface area contributed by atoms with Crippen LogP contribution in [0.3, 0.4) is 0 Å². The van der Waals surface area contributed by atoms with Gasteiger partial charge in [0, 0.05) is 18.8 Å². The molecule has 0 radical (unpaired) electrons. The van der Waals surface area contributed by atoms with Crippen LogP contribution in [0.5, 0.6) is 0 Å². The molecule has 0 aliphatic heterocycles. The topological polar surface area (TPSA) is 29.9 Å². The molecule has 1 aliphatic rings. The third-order valence-corrected chi connectivity index (χ3v) is 3.21. The Morgan fingerprint density at radius 2 is 2.27 bits per heavy atom. The van der Waals surface area contributed by atoms with Crippen molar-refractivity contribution >= 4 is 5.95 Å². The van der Waals surface area contributed by atoms with E-state index in [1.54, 1.807) is 0 Å². The molecular weight excluding hydrogens is 186 g/mol. The van der Waals surface area contributed by atoms with Gasteiger partial charge < -0.3 is 9.88 Å². The number of rotatable bonds is 4. The third-order valence-electron chi connectivity index (χ3n) is 3.21. The van der Waals surface area contributed by atoms with E-state index in [0.717, 1.165) is 30.0 Å². The van der Waals surface area contributed by atoms with E-state index < -0.39 is 0 Å². The first kappa shape index (κ1) is 10.5. The van der Waals surface area contributed by atoms with Gasteiger partial charge in [0.25, 0.3) is 0 Å². The minimum atomic E-state index is 0.477. The highest BCUT2D eigenvalue weighted by Crippen LogP contribution is 2.37. The summed E-state index contributed by atoms with van der Waals surface area (Å²) in [6.45, 7) is 9.80. The van der Waals surface area contributed by atoms with Crippen molar-refractivity contribution in [1.29, 1.82) is 0 Å². The molecule has 0 spiro atoms. The van der Waals surface area contributed by atoms with Crippen LogP contribution < -0.4 is 5.32 Å². The molecule has 1 fully saturated rings. The quantitative estimate of drug-likeness (QED) is 0.822. The van der Waals surface area contributed by atoms with Gasteiger partial charge in [0.1, 0.15) is 0 Å². The Morgan fingerprint density at radius 1 is 1.60 bits per heavy atom. The molecule has 2 unspecified atom stereocenters. The van der Waals surface area contributed by atoms with Crippen molar-refractivity contribution in [3.8, 4) is 0 Å². The summed E-state index contributed by atoms with van der Waals surface area (Å²) >= 11 is 0. The molecule has 15 heavy (non-hydrogen) atoms. The molecule has 1 N–H and O–H groups in total. The fourth-order valence-electron chi connectivity index (χ4n) is 1.95. The van der Waals surface area contributed by atoms with Crippen LogP contribution in [-0.4, -0.2) is 16.1 Å². The molecule has 2 atom stereocenters. The minimum Gasteiger partial charge on any atom is -0.355 e. The first-order chi connectivity index (χ1) is 7.08. The molecule has 2 rings (SSSR count). The highest BCUT2D eigenvalue weighted by molar-refractivity contribution is 5.29. The van der Waals surface area contributed by atoms with Gasteiger partial charge in [-0.25, -0.2) is 4.98 Å². The van der Waals surface area contributed by atoms with Crippen molar-refractivity contribution in [2.24, 2.45) is 11.8 Å². The fraction of sp³-hybridized carbons (Fsp3) is 0.750. The van der Waals surface area contributed by atoms with E-state index in [9.17, 15) is 0 Å². The van der Waals surface area contributed by atoms with E-state index in [2.05, 4.69) is 41.8 Å². The number of hydrogen-bond acceptors (Lipinski definition) is 2. The van der Waals surface area contributed by atoms with E-state index in [0.29, 0.717) is 6.04 Å². The molecule has 3 nitrogen and oxygen atoms in total. The summed E-state index contributed by atoms with van der Waals surface area (Å²) in [5, 5.41) is 3.46. The van der Waals surface area contributed by atoms with Gasteiger partial charge in [0.05, 0.1) is 5.69 Å². The average Bonchev–Trinajstić information content (AvgIpc) is 2.71. The largest absolute Gasteiger partial charge is 0.355 e. The molecule has 0 bridgehead atoms. The molecular formula is C12H21N3. The zero-order valence-electron chi connectivity index (χ0n) is 10.1. The normalized spacial score (nSPS) is 24.6. The first-order valence-electron chi connectivity index (χ1n) is 5.87. The Bertz CT molecular complexity index is 341. The van der Waals surface area contributed by atoms with Crippen LogP contribution in [0.2, 0.25) is 0 Å². The molecule has 0 amide bonds. The minimum absolute atomic E-state index is 0.477. The maximum Gasteiger partial charge on any atom is 0.203 e. The van der Waals surface area contributed by atoms with Crippen LogP contribution >= 0.6 is 0 Å². The van der Waals surface area contributed by atoms with Gasteiger partial charge in [-0.1, -0.05) is 6.92 Å². The summed E-state index contributed by atoms with van der Waals surface area (Å²) in [5.74, 6) is 2.80. The van der Waals surface area contributed by atoms with Crippen molar-refractivity contribution < 1.29 is 0 Å². The summed E-state index contributed by atoms with van der Waals surface area (Å²) < 4.78 is 2.21. The molecule has 1 aliphatic carbocycles. The lowest BCUT2D eigenvalue weighted by molar-refractivity contribution is 0.602. The van der Waals surface area contributed by atoms with Crippen molar-refractivity contribution in [3.05, 3.63) is 11.9 Å². The van der Waals surface area contributed by atoms with Gasteiger partial charge in [-0.3, -0.25) is 0 Å². The fourth-order valence-corrected chi connectivity index (χ4v) is 1.95. The lowest BCUT2D eigenvalue weighted by Crippen LogP contribution is -2.11. The molecule has 84 valence electrons. The van der Waals surface area contributed by atoms with Gasteiger partial charge in [-0.05, 0) is 39.0 Å². The second-order valence-electron chi connectivity index (χ2n) is 5.06. The zero-order chi connectivity index (χ0) is 11.0. The molecule has 1 aromatic heterocycles. The predicted octanol–water partition coefficient (Wildman–Crippen LogP) is 2.84. The SMILES string of the molecule is Cc1cn(C(C)C)c(NCC2CC2C)n1. The Balaban J connectivity index is 1.99. The predicted molar refractivity (Wildman–Crippen MR) is 63.1 cm³/mol. The monoisotopic (exact) mass is 207 g/mol. The lowest BCUT2D eigenvalue weighted by atomic mass is 10.3. The van der Waals surface area contributed by atoms with Crippen molar-refractivity contribution in [1.82, 2.24) is 9.55 Å². The van der Waals surface area contributed by atoms with Crippen LogP contribution in [0, 0.1) is 18.8 Å². The van der Waals surface area contributed by atoms with Crippen LogP contribution in [0.4, 0.5) is 5.95 Å². The summed E-state index contributed by atoms with van der Waals surface area (Å²) in [7, 11) is 0. The maximum absolute atomic E-state index is 4.51. The average molecular weight is 207 g/mol. The molecule has 1 heterocycles. The Hall–Kier alpha value is -0.990. The van der Waals surface area contributed by atoms with E-state index in [4.69, 9.17) is 0 Å². The van der Waals surface area contributed by atoms with Gasteiger partial charge in [0.2, 0.25) is 5.95 Å². The third kappa shape index (κ3) is 2.33. The van der Waals surface area contributed by atoms with Crippen molar-refractivity contribution in [3.63, 3.8) is 0 Å². The van der Waals surface area contributed by atoms with E-state index in [1.165, 1.54) is 6.42 Å². The molecule has 1 saturated carbocycles. The number of nitrogens with one attached hydrogen (secondary N) is 1.